The van der Waals surface area contributed by atoms with Crippen molar-refractivity contribution in [1.82, 2.24) is 4.98 Å². The van der Waals surface area contributed by atoms with Crippen molar-refractivity contribution in [3.05, 3.63) is 39.8 Å². The van der Waals surface area contributed by atoms with Crippen LogP contribution in [0.3, 0.4) is 0 Å². The third-order valence-corrected chi connectivity index (χ3v) is 8.41. The van der Waals surface area contributed by atoms with Crippen LogP contribution in [0.4, 0.5) is 0 Å². The van der Waals surface area contributed by atoms with E-state index in [0.29, 0.717) is 0 Å². The molecule has 2 rings (SSSR count). The van der Waals surface area contributed by atoms with Crippen molar-refractivity contribution in [3.63, 3.8) is 0 Å². The fourth-order valence-corrected chi connectivity index (χ4v) is 7.54. The second kappa shape index (κ2) is 4.71. The van der Waals surface area contributed by atoms with Crippen molar-refractivity contribution in [2.45, 2.75) is 38.6 Å². The molecule has 0 saturated carbocycles. The van der Waals surface area contributed by atoms with E-state index in [1.165, 1.54) is 17.8 Å². The van der Waals surface area contributed by atoms with Crippen LogP contribution in [0, 0.1) is 13.8 Å². The topological polar surface area (TPSA) is 15.8 Å². The Morgan fingerprint density at radius 3 is 2.50 bits per heavy atom. The summed E-state index contributed by atoms with van der Waals surface area (Å²) >= 11 is -1.02. The molecule has 0 aliphatic heterocycles. The average Bonchev–Trinajstić information content (AvgIpc) is 2.78. The number of H-pyrrole nitrogens is 1. The molecule has 1 aromatic rings. The summed E-state index contributed by atoms with van der Waals surface area (Å²) in [6.45, 7) is 9.12. The van der Waals surface area contributed by atoms with E-state index < -0.39 is 16.0 Å². The molecular formula is C14H20NRu. The van der Waals surface area contributed by atoms with Gasteiger partial charge in [-0.05, 0) is 0 Å². The van der Waals surface area contributed by atoms with Gasteiger partial charge in [0.15, 0.2) is 0 Å². The van der Waals surface area contributed by atoms with Gasteiger partial charge in [-0.1, -0.05) is 0 Å². The van der Waals surface area contributed by atoms with Crippen LogP contribution in [-0.2, 0) is 16.0 Å². The predicted molar refractivity (Wildman–Crippen MR) is 66.8 cm³/mol. The Bertz CT molecular complexity index is 438. The molecule has 0 spiro atoms. The predicted octanol–water partition coefficient (Wildman–Crippen LogP) is 3.55. The molecule has 0 bridgehead atoms. The number of nitrogens with one attached hydrogen (secondary N) is 1. The van der Waals surface area contributed by atoms with Crippen LogP contribution >= 0.6 is 0 Å². The summed E-state index contributed by atoms with van der Waals surface area (Å²) in [6, 6.07) is 2.37. The number of rotatable bonds is 3. The van der Waals surface area contributed by atoms with Gasteiger partial charge in [-0.3, -0.25) is 0 Å². The standard InChI is InChI=1S/C6H8N.C5H5.C3H7.Ru/c1-5-3-4-6(2)7-5;1-2-4-5-3-1;1-3-2;/h3,7H,1-2H3;1-3H,4H2;3H,1-2H3;. The molecular weight excluding hydrogens is 283 g/mol. The molecule has 1 aliphatic rings. The molecule has 16 heavy (non-hydrogen) atoms. The second-order valence-electron chi connectivity index (χ2n) is 4.42. The molecule has 0 aromatic carbocycles. The van der Waals surface area contributed by atoms with Gasteiger partial charge in [-0.2, -0.15) is 0 Å². The van der Waals surface area contributed by atoms with Crippen LogP contribution in [-0.4, -0.2) is 4.98 Å². The van der Waals surface area contributed by atoms with Crippen LogP contribution in [0.2, 0.25) is 4.51 Å². The maximum absolute atomic E-state index is 3.45. The van der Waals surface area contributed by atoms with Crippen molar-refractivity contribution in [1.29, 1.82) is 0 Å². The van der Waals surface area contributed by atoms with Crippen LogP contribution in [0.5, 0.6) is 0 Å². The normalized spacial score (nSPS) is 15.8. The van der Waals surface area contributed by atoms with Gasteiger partial charge in [0.25, 0.3) is 0 Å². The van der Waals surface area contributed by atoms with Gasteiger partial charge in [-0.25, -0.2) is 0 Å². The molecule has 2 heteroatoms. The molecule has 1 nitrogen and oxygen atoms in total. The summed E-state index contributed by atoms with van der Waals surface area (Å²) in [7, 11) is 0. The molecule has 1 N–H and O–H groups in total. The summed E-state index contributed by atoms with van der Waals surface area (Å²) < 4.78 is 4.11. The molecule has 0 unspecified atom stereocenters. The Labute approximate surface area is 104 Å². The summed E-state index contributed by atoms with van der Waals surface area (Å²) in [4.78, 5) is 3.45. The van der Waals surface area contributed by atoms with E-state index in [9.17, 15) is 0 Å². The van der Waals surface area contributed by atoms with Crippen LogP contribution in [0.15, 0.2) is 28.5 Å². The second-order valence-corrected chi connectivity index (χ2v) is 9.92. The molecule has 0 atom stereocenters. The third-order valence-electron chi connectivity index (χ3n) is 2.65. The fraction of sp³-hybridized carbons (Fsp3) is 0.429. The van der Waals surface area contributed by atoms with Gasteiger partial charge in [0.1, 0.15) is 0 Å². The molecule has 89 valence electrons. The Balaban J connectivity index is 2.36. The molecule has 0 fully saturated rings. The Kier molecular flexibility index (Phi) is 3.49. The van der Waals surface area contributed by atoms with Gasteiger partial charge in [0, 0.05) is 0 Å². The fourth-order valence-electron chi connectivity index (χ4n) is 2.04. The minimum absolute atomic E-state index is 0.796. The first-order chi connectivity index (χ1) is 7.59. The van der Waals surface area contributed by atoms with Crippen LogP contribution < -0.4 is 4.16 Å². The Morgan fingerprint density at radius 1 is 1.31 bits per heavy atom. The summed E-state index contributed by atoms with van der Waals surface area (Å²) in [6.07, 6.45) is 8.03. The number of aromatic amines is 1. The first-order valence-electron chi connectivity index (χ1n) is 5.76. The van der Waals surface area contributed by atoms with E-state index in [1.807, 2.05) is 0 Å². The number of hydrogen-bond acceptors (Lipinski definition) is 0. The van der Waals surface area contributed by atoms with Crippen molar-refractivity contribution in [2.24, 2.45) is 0 Å². The van der Waals surface area contributed by atoms with E-state index in [2.05, 4.69) is 57.0 Å². The van der Waals surface area contributed by atoms with Gasteiger partial charge < -0.3 is 0 Å². The molecule has 0 radical (unpaired) electrons. The van der Waals surface area contributed by atoms with Gasteiger partial charge in [-0.15, -0.1) is 0 Å². The Hall–Kier alpha value is -0.617. The SMILES string of the molecule is Cc1c[c]([Ru]([C]2=CC=CC2)[CH](C)C)c(C)[nH]1. The zero-order chi connectivity index (χ0) is 11.7. The third kappa shape index (κ3) is 2.22. The Morgan fingerprint density at radius 2 is 2.06 bits per heavy atom. The molecule has 1 heterocycles. The first kappa shape index (κ1) is 11.9. The van der Waals surface area contributed by atoms with Crippen molar-refractivity contribution >= 4 is 4.16 Å². The first-order valence-corrected chi connectivity index (χ1v) is 8.50. The van der Waals surface area contributed by atoms with E-state index in [4.69, 9.17) is 0 Å². The van der Waals surface area contributed by atoms with E-state index >= 15 is 0 Å². The zero-order valence-corrected chi connectivity index (χ0v) is 12.2. The van der Waals surface area contributed by atoms with Gasteiger partial charge in [0.05, 0.1) is 0 Å². The summed E-state index contributed by atoms with van der Waals surface area (Å²) in [5, 5.41) is 0. The monoisotopic (exact) mass is 304 g/mol. The molecule has 1 aliphatic carbocycles. The van der Waals surface area contributed by atoms with Crippen molar-refractivity contribution in [3.8, 4) is 0 Å². The zero-order valence-electron chi connectivity index (χ0n) is 10.4. The number of aryl methyl sites for hydroxylation is 2. The van der Waals surface area contributed by atoms with E-state index in [1.54, 1.807) is 8.33 Å². The van der Waals surface area contributed by atoms with Crippen LogP contribution in [0.1, 0.15) is 31.7 Å². The summed E-state index contributed by atoms with van der Waals surface area (Å²) in [5.74, 6) is 0. The molecule has 1 aromatic heterocycles. The average molecular weight is 303 g/mol. The van der Waals surface area contributed by atoms with E-state index in [-0.39, 0.29) is 0 Å². The minimum atomic E-state index is -1.02. The molecule has 0 saturated heterocycles. The van der Waals surface area contributed by atoms with Gasteiger partial charge in [0.2, 0.25) is 0 Å². The van der Waals surface area contributed by atoms with Crippen molar-refractivity contribution in [2.75, 3.05) is 0 Å². The van der Waals surface area contributed by atoms with E-state index in [0.717, 1.165) is 4.51 Å². The number of hydrogen-bond donors (Lipinski definition) is 1. The van der Waals surface area contributed by atoms with Gasteiger partial charge >= 0.3 is 104 Å². The maximum atomic E-state index is 3.45. The van der Waals surface area contributed by atoms with Crippen LogP contribution in [0.25, 0.3) is 0 Å². The van der Waals surface area contributed by atoms with Crippen molar-refractivity contribution < 1.29 is 16.0 Å². The number of allylic oxidation sites excluding steroid dienone is 4. The number of aromatic nitrogens is 1. The summed E-state index contributed by atoms with van der Waals surface area (Å²) in [5.41, 5.74) is 2.69. The quantitative estimate of drug-likeness (QED) is 0.822. The molecule has 0 amide bonds.